The molecule has 2 unspecified atom stereocenters. The summed E-state index contributed by atoms with van der Waals surface area (Å²) in [7, 11) is -3.64. The predicted octanol–water partition coefficient (Wildman–Crippen LogP) is 1.61. The second-order valence-electron chi connectivity index (χ2n) is 5.66. The third-order valence-corrected chi connectivity index (χ3v) is 6.24. The lowest BCUT2D eigenvalue weighted by Crippen LogP contribution is -2.29. The van der Waals surface area contributed by atoms with Crippen molar-refractivity contribution in [2.75, 3.05) is 13.1 Å². The van der Waals surface area contributed by atoms with E-state index in [1.807, 2.05) is 13.8 Å². The fourth-order valence-corrected chi connectivity index (χ4v) is 4.78. The highest BCUT2D eigenvalue weighted by Gasteiger charge is 2.38. The molecule has 0 aliphatic carbocycles. The fourth-order valence-electron chi connectivity index (χ4n) is 2.74. The summed E-state index contributed by atoms with van der Waals surface area (Å²) in [6.07, 6.45) is 0. The number of sulfonamides is 1. The molecule has 2 N–H and O–H groups in total. The molecule has 0 spiro atoms. The van der Waals surface area contributed by atoms with Crippen molar-refractivity contribution in [3.8, 4) is 0 Å². The van der Waals surface area contributed by atoms with Crippen LogP contribution in [0.4, 0.5) is 0 Å². The molecule has 2 rings (SSSR count). The number of hydrogen-bond acceptors (Lipinski definition) is 3. The van der Waals surface area contributed by atoms with Gasteiger partial charge in [0.15, 0.2) is 0 Å². The lowest BCUT2D eigenvalue weighted by atomic mass is 10.0. The van der Waals surface area contributed by atoms with Crippen molar-refractivity contribution in [1.82, 2.24) is 9.29 Å². The van der Waals surface area contributed by atoms with Crippen LogP contribution in [-0.4, -0.2) is 41.9 Å². The molecule has 0 amide bonds. The van der Waals surface area contributed by atoms with E-state index in [4.69, 9.17) is 5.11 Å². The Labute approximate surface area is 118 Å². The monoisotopic (exact) mass is 300 g/mol. The van der Waals surface area contributed by atoms with Gasteiger partial charge < -0.3 is 10.1 Å². The molecule has 1 saturated heterocycles. The Balaban J connectivity index is 2.48. The van der Waals surface area contributed by atoms with Crippen LogP contribution in [-0.2, 0) is 10.0 Å². The van der Waals surface area contributed by atoms with E-state index in [2.05, 4.69) is 4.98 Å². The Morgan fingerprint density at radius 3 is 2.15 bits per heavy atom. The summed E-state index contributed by atoms with van der Waals surface area (Å²) in [5, 5.41) is 9.08. The average Bonchev–Trinajstić information content (AvgIpc) is 2.81. The third kappa shape index (κ3) is 2.25. The number of H-pyrrole nitrogens is 1. The van der Waals surface area contributed by atoms with Crippen molar-refractivity contribution in [1.29, 1.82) is 0 Å². The largest absolute Gasteiger partial charge is 0.477 e. The van der Waals surface area contributed by atoms with Gasteiger partial charge in [-0.3, -0.25) is 0 Å². The molecule has 2 heterocycles. The van der Waals surface area contributed by atoms with Crippen molar-refractivity contribution in [2.45, 2.75) is 32.6 Å². The Morgan fingerprint density at radius 1 is 1.25 bits per heavy atom. The van der Waals surface area contributed by atoms with Crippen molar-refractivity contribution in [3.63, 3.8) is 0 Å². The maximum absolute atomic E-state index is 12.7. The Kier molecular flexibility index (Phi) is 3.68. The normalized spacial score (nSPS) is 24.2. The Hall–Kier alpha value is -1.34. The molecular formula is C13H20N2O4S. The van der Waals surface area contributed by atoms with Gasteiger partial charge >= 0.3 is 5.97 Å². The van der Waals surface area contributed by atoms with Crippen LogP contribution in [0, 0.1) is 25.7 Å². The van der Waals surface area contributed by atoms with Crippen LogP contribution in [0.15, 0.2) is 4.90 Å². The smallest absolute Gasteiger partial charge is 0.352 e. The molecule has 0 saturated carbocycles. The molecule has 7 heteroatoms. The first kappa shape index (κ1) is 15.1. The SMILES string of the molecule is Cc1[nH]c(C(=O)O)c(C)c1S(=O)(=O)N1CC(C)C(C)C1. The molecule has 0 radical (unpaired) electrons. The summed E-state index contributed by atoms with van der Waals surface area (Å²) in [4.78, 5) is 13.9. The number of aromatic carboxylic acids is 1. The van der Waals surface area contributed by atoms with Crippen molar-refractivity contribution in [2.24, 2.45) is 11.8 Å². The quantitative estimate of drug-likeness (QED) is 0.887. The zero-order valence-electron chi connectivity index (χ0n) is 12.1. The zero-order chi connectivity index (χ0) is 15.2. The lowest BCUT2D eigenvalue weighted by molar-refractivity contribution is 0.0690. The van der Waals surface area contributed by atoms with Gasteiger partial charge in [0.05, 0.1) is 0 Å². The van der Waals surface area contributed by atoms with Gasteiger partial charge in [0.1, 0.15) is 10.6 Å². The average molecular weight is 300 g/mol. The van der Waals surface area contributed by atoms with E-state index in [1.54, 1.807) is 6.92 Å². The summed E-state index contributed by atoms with van der Waals surface area (Å²) in [5.74, 6) is -0.526. The van der Waals surface area contributed by atoms with E-state index in [1.165, 1.54) is 11.2 Å². The summed E-state index contributed by atoms with van der Waals surface area (Å²) in [5.41, 5.74) is 0.607. The number of aryl methyl sites for hydroxylation is 1. The molecule has 112 valence electrons. The van der Waals surface area contributed by atoms with Crippen LogP contribution in [0.25, 0.3) is 0 Å². The second kappa shape index (κ2) is 4.89. The van der Waals surface area contributed by atoms with Crippen LogP contribution in [0.3, 0.4) is 0 Å². The van der Waals surface area contributed by atoms with E-state index < -0.39 is 16.0 Å². The topological polar surface area (TPSA) is 90.5 Å². The van der Waals surface area contributed by atoms with E-state index >= 15 is 0 Å². The van der Waals surface area contributed by atoms with Crippen LogP contribution < -0.4 is 0 Å². The maximum atomic E-state index is 12.7. The highest BCUT2D eigenvalue weighted by Crippen LogP contribution is 2.32. The number of carboxylic acids is 1. The minimum atomic E-state index is -3.64. The van der Waals surface area contributed by atoms with Crippen LogP contribution in [0.1, 0.15) is 35.6 Å². The minimum Gasteiger partial charge on any atom is -0.477 e. The first-order chi connectivity index (χ1) is 9.16. The van der Waals surface area contributed by atoms with Crippen LogP contribution >= 0.6 is 0 Å². The number of carboxylic acid groups (broad SMARTS) is 1. The number of nitrogens with zero attached hydrogens (tertiary/aromatic N) is 1. The van der Waals surface area contributed by atoms with Crippen molar-refractivity contribution in [3.05, 3.63) is 17.0 Å². The minimum absolute atomic E-state index is 0.0543. The molecule has 0 aromatic carbocycles. The van der Waals surface area contributed by atoms with Crippen molar-refractivity contribution < 1.29 is 18.3 Å². The first-order valence-corrected chi connectivity index (χ1v) is 8.02. The molecule has 20 heavy (non-hydrogen) atoms. The number of carbonyl (C=O) groups is 1. The summed E-state index contributed by atoms with van der Waals surface area (Å²) in [6, 6.07) is 0. The molecule has 1 aromatic rings. The fraction of sp³-hybridized carbons (Fsp3) is 0.615. The highest BCUT2D eigenvalue weighted by molar-refractivity contribution is 7.89. The van der Waals surface area contributed by atoms with E-state index in [0.717, 1.165) is 0 Å². The standard InChI is InChI=1S/C13H20N2O4S/c1-7-5-15(6-8(7)2)20(18,19)12-9(3)11(13(16)17)14-10(12)4/h7-8,14H,5-6H2,1-4H3,(H,16,17). The van der Waals surface area contributed by atoms with Gasteiger partial charge in [-0.2, -0.15) is 4.31 Å². The van der Waals surface area contributed by atoms with Gasteiger partial charge in [-0.1, -0.05) is 13.8 Å². The number of aromatic amines is 1. The lowest BCUT2D eigenvalue weighted by Gasteiger charge is -2.16. The Morgan fingerprint density at radius 2 is 1.75 bits per heavy atom. The summed E-state index contributed by atoms with van der Waals surface area (Å²) >= 11 is 0. The highest BCUT2D eigenvalue weighted by atomic mass is 32.2. The maximum Gasteiger partial charge on any atom is 0.352 e. The van der Waals surface area contributed by atoms with Gasteiger partial charge in [0.2, 0.25) is 10.0 Å². The van der Waals surface area contributed by atoms with Crippen molar-refractivity contribution >= 4 is 16.0 Å². The summed E-state index contributed by atoms with van der Waals surface area (Å²) < 4.78 is 26.9. The number of rotatable bonds is 3. The number of aromatic nitrogens is 1. The van der Waals surface area contributed by atoms with Crippen LogP contribution in [0.2, 0.25) is 0 Å². The van der Waals surface area contributed by atoms with E-state index in [-0.39, 0.29) is 16.2 Å². The molecular weight excluding hydrogens is 280 g/mol. The molecule has 0 bridgehead atoms. The number of nitrogens with one attached hydrogen (secondary N) is 1. The van der Waals surface area contributed by atoms with Crippen LogP contribution in [0.5, 0.6) is 0 Å². The third-order valence-electron chi connectivity index (χ3n) is 4.14. The van der Waals surface area contributed by atoms with Gasteiger partial charge in [-0.25, -0.2) is 13.2 Å². The molecule has 1 aliphatic rings. The van der Waals surface area contributed by atoms with E-state index in [0.29, 0.717) is 30.6 Å². The molecule has 1 fully saturated rings. The Bertz CT molecular complexity index is 638. The van der Waals surface area contributed by atoms with Gasteiger partial charge in [-0.05, 0) is 25.7 Å². The van der Waals surface area contributed by atoms with Gasteiger partial charge in [-0.15, -0.1) is 0 Å². The molecule has 1 aromatic heterocycles. The van der Waals surface area contributed by atoms with E-state index in [9.17, 15) is 13.2 Å². The predicted molar refractivity (Wildman–Crippen MR) is 74.3 cm³/mol. The summed E-state index contributed by atoms with van der Waals surface area (Å²) in [6.45, 7) is 8.14. The number of hydrogen-bond donors (Lipinski definition) is 2. The molecule has 2 atom stereocenters. The van der Waals surface area contributed by atoms with Gasteiger partial charge in [0, 0.05) is 24.3 Å². The van der Waals surface area contributed by atoms with Gasteiger partial charge in [0.25, 0.3) is 0 Å². The second-order valence-corrected chi connectivity index (χ2v) is 7.54. The zero-order valence-corrected chi connectivity index (χ0v) is 12.9. The molecule has 6 nitrogen and oxygen atoms in total. The first-order valence-electron chi connectivity index (χ1n) is 6.58. The molecule has 1 aliphatic heterocycles.